The first kappa shape index (κ1) is 24.7. The van der Waals surface area contributed by atoms with E-state index in [-0.39, 0.29) is 5.91 Å². The largest absolute Gasteiger partial charge is 0.492 e. The van der Waals surface area contributed by atoms with Crippen LogP contribution in [0.5, 0.6) is 5.75 Å². The number of amides is 1. The molecule has 184 valence electrons. The van der Waals surface area contributed by atoms with Crippen molar-refractivity contribution in [2.24, 2.45) is 0 Å². The lowest BCUT2D eigenvalue weighted by atomic mass is 9.89. The number of nitrogens with one attached hydrogen (secondary N) is 2. The number of nitriles is 1. The zero-order chi connectivity index (χ0) is 25.7. The molecule has 4 rings (SSSR count). The average Bonchev–Trinajstić information content (AvgIpc) is 3.28. The van der Waals surface area contributed by atoms with Crippen LogP contribution in [0.3, 0.4) is 0 Å². The van der Waals surface area contributed by atoms with E-state index in [0.29, 0.717) is 55.2 Å². The highest BCUT2D eigenvalue weighted by atomic mass is 16.5. The zero-order valence-electron chi connectivity index (χ0n) is 20.7. The van der Waals surface area contributed by atoms with Gasteiger partial charge in [-0.25, -0.2) is 4.98 Å². The van der Waals surface area contributed by atoms with Crippen molar-refractivity contribution in [2.45, 2.75) is 33.4 Å². The van der Waals surface area contributed by atoms with Gasteiger partial charge in [0.25, 0.3) is 5.91 Å². The van der Waals surface area contributed by atoms with E-state index in [9.17, 15) is 10.1 Å². The second-order valence-electron chi connectivity index (χ2n) is 8.46. The van der Waals surface area contributed by atoms with E-state index in [1.165, 1.54) is 12.4 Å². The highest BCUT2D eigenvalue weighted by Crippen LogP contribution is 2.30. The number of pyridine rings is 1. The van der Waals surface area contributed by atoms with Gasteiger partial charge >= 0.3 is 0 Å². The minimum absolute atomic E-state index is 0.0730. The van der Waals surface area contributed by atoms with Gasteiger partial charge in [-0.15, -0.1) is 0 Å². The van der Waals surface area contributed by atoms with Crippen LogP contribution in [-0.4, -0.2) is 51.8 Å². The van der Waals surface area contributed by atoms with Crippen molar-refractivity contribution >= 4 is 17.8 Å². The summed E-state index contributed by atoms with van der Waals surface area (Å²) in [6.07, 6.45) is 8.79. The van der Waals surface area contributed by atoms with Gasteiger partial charge in [0.15, 0.2) is 0 Å². The molecule has 0 unspecified atom stereocenters. The van der Waals surface area contributed by atoms with Gasteiger partial charge in [0.2, 0.25) is 0 Å². The number of imidazole rings is 1. The number of aryl methyl sites for hydroxylation is 1. The van der Waals surface area contributed by atoms with E-state index >= 15 is 0 Å². The topological polar surface area (TPSA) is 120 Å². The van der Waals surface area contributed by atoms with Crippen molar-refractivity contribution in [1.82, 2.24) is 24.8 Å². The average molecular weight is 484 g/mol. The summed E-state index contributed by atoms with van der Waals surface area (Å²) < 4.78 is 7.62. The number of hydrogen-bond acceptors (Lipinski definition) is 7. The third-order valence-corrected chi connectivity index (χ3v) is 6.24. The number of allylic oxidation sites excluding steroid dienone is 1. The van der Waals surface area contributed by atoms with Crippen molar-refractivity contribution in [3.05, 3.63) is 82.2 Å². The molecule has 3 aromatic rings. The Labute approximate surface area is 210 Å². The molecule has 0 aliphatic carbocycles. The Hall–Kier alpha value is -4.45. The first-order valence-corrected chi connectivity index (χ1v) is 11.8. The third-order valence-electron chi connectivity index (χ3n) is 6.24. The van der Waals surface area contributed by atoms with Gasteiger partial charge in [0.05, 0.1) is 18.8 Å². The number of carbonyl (C=O) groups is 1. The highest BCUT2D eigenvalue weighted by molar-refractivity contribution is 5.99. The number of carbonyl (C=O) groups excluding carboxylic acids is 1. The molecule has 1 amide bonds. The molecule has 1 aliphatic heterocycles. The van der Waals surface area contributed by atoms with E-state index in [1.807, 2.05) is 37.7 Å². The van der Waals surface area contributed by atoms with Crippen LogP contribution in [0.1, 0.15) is 51.1 Å². The molecule has 0 spiro atoms. The maximum absolute atomic E-state index is 13.7. The number of benzene rings is 1. The molecule has 0 saturated carbocycles. The maximum atomic E-state index is 13.7. The lowest BCUT2D eigenvalue weighted by Gasteiger charge is -2.31. The van der Waals surface area contributed by atoms with Gasteiger partial charge in [0.1, 0.15) is 23.2 Å². The quantitative estimate of drug-likeness (QED) is 0.451. The highest BCUT2D eigenvalue weighted by Gasteiger charge is 2.28. The molecular formula is C27H29N7O2. The van der Waals surface area contributed by atoms with E-state index in [4.69, 9.17) is 10.1 Å². The summed E-state index contributed by atoms with van der Waals surface area (Å²) >= 11 is 0. The standard InChI is InChI=1S/C27H29N7O2/c1-4-36-26-13-21(32-15-20(26)14-29)17-34-9-6-22-23(25(30-3)5-7-28)11-19(12-24(22)27(34)35)16-33-10-8-31-18(33)2/h5,7-8,10-13,15,28,30H,4,6,9,16-17H2,1-3H3/b25-5-,28-7?. The second kappa shape index (κ2) is 10.9. The summed E-state index contributed by atoms with van der Waals surface area (Å²) in [5.74, 6) is 1.30. The first-order valence-electron chi connectivity index (χ1n) is 11.8. The second-order valence-corrected chi connectivity index (χ2v) is 8.46. The zero-order valence-corrected chi connectivity index (χ0v) is 20.7. The molecule has 2 N–H and O–H groups in total. The molecule has 0 radical (unpaired) electrons. The Morgan fingerprint density at radius 2 is 2.14 bits per heavy atom. The molecule has 9 nitrogen and oxygen atoms in total. The van der Waals surface area contributed by atoms with Gasteiger partial charge < -0.3 is 24.9 Å². The van der Waals surface area contributed by atoms with Crippen molar-refractivity contribution in [3.8, 4) is 11.8 Å². The van der Waals surface area contributed by atoms with Gasteiger partial charge in [-0.2, -0.15) is 5.26 Å². The maximum Gasteiger partial charge on any atom is 0.254 e. The number of hydrogen-bond donors (Lipinski definition) is 2. The van der Waals surface area contributed by atoms with Crippen LogP contribution in [0.4, 0.5) is 0 Å². The van der Waals surface area contributed by atoms with Crippen LogP contribution < -0.4 is 10.1 Å². The monoisotopic (exact) mass is 483 g/mol. The molecular weight excluding hydrogens is 454 g/mol. The Morgan fingerprint density at radius 3 is 2.81 bits per heavy atom. The summed E-state index contributed by atoms with van der Waals surface area (Å²) in [6, 6.07) is 7.88. The van der Waals surface area contributed by atoms with Crippen LogP contribution in [-0.2, 0) is 19.5 Å². The summed E-state index contributed by atoms with van der Waals surface area (Å²) in [5, 5.41) is 20.1. The minimum atomic E-state index is -0.0730. The van der Waals surface area contributed by atoms with Gasteiger partial charge in [0, 0.05) is 67.8 Å². The molecule has 1 aliphatic rings. The third kappa shape index (κ3) is 4.98. The van der Waals surface area contributed by atoms with Crippen molar-refractivity contribution < 1.29 is 9.53 Å². The summed E-state index contributed by atoms with van der Waals surface area (Å²) in [5.41, 5.74) is 5.35. The number of rotatable bonds is 9. The molecule has 0 atom stereocenters. The SMILES string of the molecule is CCOc1cc(CN2CCc3c(cc(Cn4ccnc4C)cc3/C(=C/C=N)NC)C2=O)ncc1C#N. The van der Waals surface area contributed by atoms with Gasteiger partial charge in [-0.3, -0.25) is 9.78 Å². The first-order chi connectivity index (χ1) is 17.5. The number of nitrogens with zero attached hydrogens (tertiary/aromatic N) is 5. The summed E-state index contributed by atoms with van der Waals surface area (Å²) in [6.45, 7) is 5.68. The predicted octanol–water partition coefficient (Wildman–Crippen LogP) is 3.31. The number of aromatic nitrogens is 3. The van der Waals surface area contributed by atoms with Crippen LogP contribution in [0.25, 0.3) is 5.70 Å². The molecule has 0 bridgehead atoms. The molecule has 0 saturated heterocycles. The van der Waals surface area contributed by atoms with Gasteiger partial charge in [-0.1, -0.05) is 0 Å². The van der Waals surface area contributed by atoms with Crippen molar-refractivity contribution in [1.29, 1.82) is 10.7 Å². The molecule has 0 fully saturated rings. The Balaban J connectivity index is 1.71. The predicted molar refractivity (Wildman–Crippen MR) is 137 cm³/mol. The number of ether oxygens (including phenoxy) is 1. The minimum Gasteiger partial charge on any atom is -0.492 e. The smallest absolute Gasteiger partial charge is 0.254 e. The van der Waals surface area contributed by atoms with E-state index < -0.39 is 0 Å². The number of fused-ring (bicyclic) bond motifs is 1. The fourth-order valence-electron chi connectivity index (χ4n) is 4.47. The summed E-state index contributed by atoms with van der Waals surface area (Å²) in [4.78, 5) is 24.2. The van der Waals surface area contributed by atoms with Crippen molar-refractivity contribution in [2.75, 3.05) is 20.2 Å². The fraction of sp³-hybridized carbons (Fsp3) is 0.296. The van der Waals surface area contributed by atoms with E-state index in [0.717, 1.165) is 28.2 Å². The summed E-state index contributed by atoms with van der Waals surface area (Å²) in [7, 11) is 1.82. The van der Waals surface area contributed by atoms with Crippen LogP contribution in [0, 0.1) is 23.7 Å². The van der Waals surface area contributed by atoms with Crippen LogP contribution in [0.15, 0.2) is 42.9 Å². The Bertz CT molecular complexity index is 1370. The van der Waals surface area contributed by atoms with Crippen molar-refractivity contribution in [3.63, 3.8) is 0 Å². The van der Waals surface area contributed by atoms with E-state index in [1.54, 1.807) is 23.2 Å². The van der Waals surface area contributed by atoms with Crippen LogP contribution in [0.2, 0.25) is 0 Å². The lowest BCUT2D eigenvalue weighted by Crippen LogP contribution is -2.38. The Kier molecular flexibility index (Phi) is 7.44. The molecule has 9 heteroatoms. The molecule has 36 heavy (non-hydrogen) atoms. The normalized spacial score (nSPS) is 13.2. The Morgan fingerprint density at radius 1 is 1.31 bits per heavy atom. The molecule has 3 heterocycles. The van der Waals surface area contributed by atoms with E-state index in [2.05, 4.69) is 27.4 Å². The molecule has 2 aromatic heterocycles. The fourth-order valence-corrected chi connectivity index (χ4v) is 4.47. The lowest BCUT2D eigenvalue weighted by molar-refractivity contribution is 0.0724. The van der Waals surface area contributed by atoms with Gasteiger partial charge in [-0.05, 0) is 49.6 Å². The molecule has 1 aromatic carbocycles. The van der Waals surface area contributed by atoms with Crippen LogP contribution >= 0.6 is 0 Å².